The van der Waals surface area contributed by atoms with Crippen LogP contribution < -0.4 is 10.2 Å². The standard InChI is InChI=1S/C29H33N5O3.C2HF3O2/c35-29-25-19-27(32-26(25)6-8-31-29)23-5-7-30-24(18-23)4-3-22-2-1-21(20-33-9-13-36-14-10-33)17-28(22)34-11-15-37-16-12-34;3-2(4,5)1(6)7/h1-5,7,17-19,32H,6,8-16,20H2,(H,31,35);(H,6,7)/b4-3+;. The lowest BCUT2D eigenvalue weighted by Gasteiger charge is -2.31. The van der Waals surface area contributed by atoms with E-state index in [1.54, 1.807) is 0 Å². The van der Waals surface area contributed by atoms with Gasteiger partial charge in [0.25, 0.3) is 5.91 Å². The third-order valence-corrected chi connectivity index (χ3v) is 7.53. The molecule has 0 saturated carbocycles. The number of carboxylic acids is 1. The Balaban J connectivity index is 0.000000493. The molecule has 1 aromatic carbocycles. The Morgan fingerprint density at radius 1 is 1.00 bits per heavy atom. The summed E-state index contributed by atoms with van der Waals surface area (Å²) in [6, 6.07) is 12.8. The second kappa shape index (κ2) is 14.1. The summed E-state index contributed by atoms with van der Waals surface area (Å²) in [4.78, 5) is 34.0. The van der Waals surface area contributed by atoms with E-state index in [9.17, 15) is 18.0 Å². The Morgan fingerprint density at radius 3 is 2.39 bits per heavy atom. The minimum absolute atomic E-state index is 0.00867. The van der Waals surface area contributed by atoms with Gasteiger partial charge in [0, 0.05) is 74.5 Å². The number of ether oxygens (including phenoxy) is 2. The number of carbonyl (C=O) groups is 2. The van der Waals surface area contributed by atoms with Crippen LogP contribution in [0.1, 0.15) is 32.9 Å². The van der Waals surface area contributed by atoms with E-state index in [4.69, 9.17) is 19.4 Å². The molecule has 0 radical (unpaired) electrons. The smallest absolute Gasteiger partial charge is 0.475 e. The van der Waals surface area contributed by atoms with Crippen molar-refractivity contribution in [3.8, 4) is 11.3 Å². The lowest BCUT2D eigenvalue weighted by molar-refractivity contribution is -0.192. The molecular weight excluding hydrogens is 579 g/mol. The summed E-state index contributed by atoms with van der Waals surface area (Å²) >= 11 is 0. The molecular formula is C31H34F3N5O5. The van der Waals surface area contributed by atoms with Crippen LogP contribution in [0.15, 0.2) is 42.6 Å². The lowest BCUT2D eigenvalue weighted by atomic mass is 10.0. The molecule has 10 nitrogen and oxygen atoms in total. The van der Waals surface area contributed by atoms with E-state index in [0.29, 0.717) is 6.54 Å². The Hall–Kier alpha value is -4.20. The number of amides is 1. The molecule has 1 amide bonds. The fraction of sp³-hybridized carbons (Fsp3) is 0.387. The maximum Gasteiger partial charge on any atom is 0.490 e. The molecule has 0 bridgehead atoms. The Bertz CT molecular complexity index is 1490. The quantitative estimate of drug-likeness (QED) is 0.384. The van der Waals surface area contributed by atoms with E-state index in [1.807, 2.05) is 18.3 Å². The highest BCUT2D eigenvalue weighted by molar-refractivity contribution is 5.97. The number of fused-ring (bicyclic) bond motifs is 1. The molecule has 3 N–H and O–H groups in total. The van der Waals surface area contributed by atoms with E-state index in [2.05, 4.69) is 61.5 Å². The molecule has 0 unspecified atom stereocenters. The normalized spacial score (nSPS) is 17.5. The molecule has 3 aromatic rings. The first kappa shape index (κ1) is 31.2. The molecule has 13 heteroatoms. The van der Waals surface area contributed by atoms with Crippen LogP contribution in [0.25, 0.3) is 23.4 Å². The number of carboxylic acid groups (broad SMARTS) is 1. The highest BCUT2D eigenvalue weighted by atomic mass is 19.4. The van der Waals surface area contributed by atoms with Gasteiger partial charge in [-0.15, -0.1) is 0 Å². The van der Waals surface area contributed by atoms with Gasteiger partial charge >= 0.3 is 12.1 Å². The van der Waals surface area contributed by atoms with Crippen molar-refractivity contribution in [2.24, 2.45) is 0 Å². The van der Waals surface area contributed by atoms with Gasteiger partial charge in [0.2, 0.25) is 0 Å². The van der Waals surface area contributed by atoms with Crippen molar-refractivity contribution in [1.29, 1.82) is 0 Å². The van der Waals surface area contributed by atoms with Gasteiger partial charge in [0.15, 0.2) is 0 Å². The second-order valence-electron chi connectivity index (χ2n) is 10.6. The number of carbonyl (C=O) groups excluding carboxylic acids is 1. The third kappa shape index (κ3) is 8.04. The summed E-state index contributed by atoms with van der Waals surface area (Å²) in [7, 11) is 0. The van der Waals surface area contributed by atoms with Crippen molar-refractivity contribution in [1.82, 2.24) is 20.2 Å². The van der Waals surface area contributed by atoms with Crippen LogP contribution >= 0.6 is 0 Å². The molecule has 2 saturated heterocycles. The summed E-state index contributed by atoms with van der Waals surface area (Å²) in [5.74, 6) is -2.77. The van der Waals surface area contributed by atoms with E-state index in [-0.39, 0.29) is 5.91 Å². The fourth-order valence-corrected chi connectivity index (χ4v) is 5.26. The van der Waals surface area contributed by atoms with Crippen LogP contribution in [0.4, 0.5) is 18.9 Å². The number of benzene rings is 1. The largest absolute Gasteiger partial charge is 0.490 e. The Labute approximate surface area is 252 Å². The van der Waals surface area contributed by atoms with E-state index in [0.717, 1.165) is 93.8 Å². The van der Waals surface area contributed by atoms with Gasteiger partial charge in [-0.05, 0) is 41.5 Å². The monoisotopic (exact) mass is 613 g/mol. The molecule has 234 valence electrons. The van der Waals surface area contributed by atoms with Gasteiger partial charge in [0.1, 0.15) is 0 Å². The van der Waals surface area contributed by atoms with Crippen LogP contribution in [0.3, 0.4) is 0 Å². The number of alkyl halides is 3. The van der Waals surface area contributed by atoms with Gasteiger partial charge in [-0.3, -0.25) is 14.7 Å². The van der Waals surface area contributed by atoms with Crippen molar-refractivity contribution in [3.63, 3.8) is 0 Å². The maximum atomic E-state index is 12.2. The third-order valence-electron chi connectivity index (χ3n) is 7.53. The average molecular weight is 614 g/mol. The average Bonchev–Trinajstić information content (AvgIpc) is 3.47. The molecule has 0 aliphatic carbocycles. The molecule has 44 heavy (non-hydrogen) atoms. The number of anilines is 1. The number of nitrogens with zero attached hydrogens (tertiary/aromatic N) is 3. The van der Waals surface area contributed by atoms with Gasteiger partial charge in [0.05, 0.1) is 37.7 Å². The summed E-state index contributed by atoms with van der Waals surface area (Å²) < 4.78 is 42.9. The number of halogens is 3. The number of aliphatic carboxylic acids is 1. The molecule has 3 aliphatic heterocycles. The molecule has 3 aliphatic rings. The van der Waals surface area contributed by atoms with Gasteiger partial charge in [-0.1, -0.05) is 18.2 Å². The topological polar surface area (TPSA) is 120 Å². The van der Waals surface area contributed by atoms with Crippen molar-refractivity contribution >= 4 is 29.7 Å². The van der Waals surface area contributed by atoms with E-state index in [1.165, 1.54) is 16.8 Å². The van der Waals surface area contributed by atoms with Gasteiger partial charge < -0.3 is 29.8 Å². The predicted molar refractivity (Wildman–Crippen MR) is 158 cm³/mol. The molecule has 2 aromatic heterocycles. The first-order valence-corrected chi connectivity index (χ1v) is 14.4. The molecule has 2 fully saturated rings. The molecule has 5 heterocycles. The molecule has 6 rings (SSSR count). The van der Waals surface area contributed by atoms with Crippen LogP contribution in [-0.2, 0) is 27.2 Å². The highest BCUT2D eigenvalue weighted by Crippen LogP contribution is 2.28. The number of morpholine rings is 2. The summed E-state index contributed by atoms with van der Waals surface area (Å²) in [5.41, 5.74) is 8.31. The summed E-state index contributed by atoms with van der Waals surface area (Å²) in [6.07, 6.45) is 1.79. The maximum absolute atomic E-state index is 12.2. The number of hydrogen-bond donors (Lipinski definition) is 3. The highest BCUT2D eigenvalue weighted by Gasteiger charge is 2.38. The molecule has 0 spiro atoms. The number of hydrogen-bond acceptors (Lipinski definition) is 7. The summed E-state index contributed by atoms with van der Waals surface area (Å²) in [6.45, 7) is 8.46. The van der Waals surface area contributed by atoms with Crippen molar-refractivity contribution in [2.45, 2.75) is 19.1 Å². The Morgan fingerprint density at radius 2 is 1.70 bits per heavy atom. The minimum Gasteiger partial charge on any atom is -0.475 e. The van der Waals surface area contributed by atoms with Gasteiger partial charge in [-0.2, -0.15) is 13.2 Å². The molecule has 0 atom stereocenters. The zero-order valence-corrected chi connectivity index (χ0v) is 24.0. The zero-order chi connectivity index (χ0) is 31.1. The number of aromatic amines is 1. The lowest BCUT2D eigenvalue weighted by Crippen LogP contribution is -2.37. The van der Waals surface area contributed by atoms with Crippen molar-refractivity contribution in [2.75, 3.05) is 64.1 Å². The number of H-pyrrole nitrogens is 1. The summed E-state index contributed by atoms with van der Waals surface area (Å²) in [5, 5.41) is 10.0. The SMILES string of the molecule is O=C(O)C(F)(F)F.O=C1NCCc2[nH]c(-c3ccnc(/C=C/c4ccc(CN5CCOCC5)cc4N4CCOCC4)c3)cc21. The van der Waals surface area contributed by atoms with Crippen LogP contribution in [0, 0.1) is 0 Å². The fourth-order valence-electron chi connectivity index (χ4n) is 5.26. The number of rotatable bonds is 6. The number of aromatic nitrogens is 2. The Kier molecular flexibility index (Phi) is 9.98. The first-order chi connectivity index (χ1) is 21.2. The number of pyridine rings is 1. The van der Waals surface area contributed by atoms with Crippen LogP contribution in [-0.4, -0.2) is 97.2 Å². The van der Waals surface area contributed by atoms with E-state index >= 15 is 0 Å². The number of nitrogens with one attached hydrogen (secondary N) is 2. The van der Waals surface area contributed by atoms with Crippen molar-refractivity contribution in [3.05, 3.63) is 70.7 Å². The second-order valence-corrected chi connectivity index (χ2v) is 10.6. The van der Waals surface area contributed by atoms with Gasteiger partial charge in [-0.25, -0.2) is 4.79 Å². The van der Waals surface area contributed by atoms with Crippen LogP contribution in [0.2, 0.25) is 0 Å². The van der Waals surface area contributed by atoms with Crippen LogP contribution in [0.5, 0.6) is 0 Å². The van der Waals surface area contributed by atoms with Crippen molar-refractivity contribution < 1.29 is 37.3 Å². The van der Waals surface area contributed by atoms with E-state index < -0.39 is 12.1 Å². The predicted octanol–water partition coefficient (Wildman–Crippen LogP) is 3.84. The first-order valence-electron chi connectivity index (χ1n) is 14.4. The minimum atomic E-state index is -5.08. The zero-order valence-electron chi connectivity index (χ0n) is 24.0.